The van der Waals surface area contributed by atoms with Crippen LogP contribution in [-0.4, -0.2) is 26.8 Å². The standard InChI is InChI=1S/C23H23F4N5O/c1-3-14-4-6-15(7-5-14)19-10-20(23(25,26)27)32-21(31-19)17(12-29-32)22(33)28-11-16-8-9-18(24)13(2)30-16/h4-9,12,19-20,31H,3,10-11H2,1-2H3,(H,28,33)/t19-,20+/m0/s1. The number of fused-ring (bicyclic) bond motifs is 1. The maximum absolute atomic E-state index is 13.8. The molecule has 33 heavy (non-hydrogen) atoms. The minimum atomic E-state index is -4.53. The Labute approximate surface area is 188 Å². The molecule has 174 valence electrons. The van der Waals surface area contributed by atoms with Crippen molar-refractivity contribution in [3.8, 4) is 0 Å². The lowest BCUT2D eigenvalue weighted by atomic mass is 9.95. The summed E-state index contributed by atoms with van der Waals surface area (Å²) in [6.45, 7) is 3.50. The number of benzene rings is 1. The molecule has 0 fully saturated rings. The molecular weight excluding hydrogens is 438 g/mol. The second-order valence-corrected chi connectivity index (χ2v) is 7.99. The van der Waals surface area contributed by atoms with Crippen molar-refractivity contribution >= 4 is 11.7 Å². The van der Waals surface area contributed by atoms with Crippen molar-refractivity contribution in [1.29, 1.82) is 0 Å². The van der Waals surface area contributed by atoms with Gasteiger partial charge in [0.2, 0.25) is 0 Å². The number of hydrogen-bond acceptors (Lipinski definition) is 4. The third kappa shape index (κ3) is 4.69. The van der Waals surface area contributed by atoms with Crippen molar-refractivity contribution in [2.45, 2.75) is 51.5 Å². The fourth-order valence-electron chi connectivity index (χ4n) is 3.89. The van der Waals surface area contributed by atoms with Gasteiger partial charge >= 0.3 is 6.18 Å². The Morgan fingerprint density at radius 3 is 2.58 bits per heavy atom. The van der Waals surface area contributed by atoms with Gasteiger partial charge in [-0.1, -0.05) is 31.2 Å². The zero-order chi connectivity index (χ0) is 23.8. The SMILES string of the molecule is CCc1ccc([C@@H]2C[C@H](C(F)(F)F)n3ncc(C(=O)NCc4ccc(F)c(C)n4)c3N2)cc1. The number of carbonyl (C=O) groups is 1. The Bertz CT molecular complexity index is 1160. The van der Waals surface area contributed by atoms with E-state index in [-0.39, 0.29) is 30.0 Å². The van der Waals surface area contributed by atoms with Gasteiger partial charge in [-0.15, -0.1) is 0 Å². The number of aryl methyl sites for hydroxylation is 2. The molecular formula is C23H23F4N5O. The predicted molar refractivity (Wildman–Crippen MR) is 114 cm³/mol. The van der Waals surface area contributed by atoms with E-state index in [2.05, 4.69) is 20.7 Å². The smallest absolute Gasteiger partial charge is 0.363 e. The van der Waals surface area contributed by atoms with Gasteiger partial charge in [-0.25, -0.2) is 9.07 Å². The summed E-state index contributed by atoms with van der Waals surface area (Å²) in [7, 11) is 0. The molecule has 0 saturated heterocycles. The van der Waals surface area contributed by atoms with E-state index < -0.39 is 30.0 Å². The van der Waals surface area contributed by atoms with Gasteiger partial charge < -0.3 is 10.6 Å². The summed E-state index contributed by atoms with van der Waals surface area (Å²) in [4.78, 5) is 16.8. The van der Waals surface area contributed by atoms with E-state index in [1.54, 1.807) is 12.1 Å². The number of amides is 1. The first-order chi connectivity index (χ1) is 15.7. The van der Waals surface area contributed by atoms with Crippen molar-refractivity contribution in [2.24, 2.45) is 0 Å². The molecule has 6 nitrogen and oxygen atoms in total. The molecule has 1 aromatic carbocycles. The summed E-state index contributed by atoms with van der Waals surface area (Å²) in [6.07, 6.45) is -2.83. The molecule has 4 rings (SSSR count). The minimum absolute atomic E-state index is 0.00189. The van der Waals surface area contributed by atoms with Crippen molar-refractivity contribution in [1.82, 2.24) is 20.1 Å². The van der Waals surface area contributed by atoms with E-state index in [0.29, 0.717) is 11.3 Å². The maximum atomic E-state index is 13.8. The van der Waals surface area contributed by atoms with Crippen LogP contribution in [0.1, 0.15) is 58.3 Å². The number of rotatable bonds is 5. The van der Waals surface area contributed by atoms with Crippen molar-refractivity contribution in [3.63, 3.8) is 0 Å². The second-order valence-electron chi connectivity index (χ2n) is 7.99. The number of alkyl halides is 3. The number of carbonyl (C=O) groups excluding carboxylic acids is 1. The van der Waals surface area contributed by atoms with Gasteiger partial charge in [0.15, 0.2) is 6.04 Å². The molecule has 10 heteroatoms. The van der Waals surface area contributed by atoms with E-state index in [4.69, 9.17) is 0 Å². The maximum Gasteiger partial charge on any atom is 0.410 e. The highest BCUT2D eigenvalue weighted by Crippen LogP contribution is 2.44. The average molecular weight is 461 g/mol. The molecule has 2 aromatic heterocycles. The van der Waals surface area contributed by atoms with E-state index >= 15 is 0 Å². The van der Waals surface area contributed by atoms with Gasteiger partial charge in [-0.05, 0) is 36.6 Å². The molecule has 0 radical (unpaired) electrons. The number of halogens is 4. The molecule has 0 unspecified atom stereocenters. The molecule has 0 spiro atoms. The Kier molecular flexibility index (Phi) is 6.09. The van der Waals surface area contributed by atoms with E-state index in [0.717, 1.165) is 22.9 Å². The minimum Gasteiger partial charge on any atom is -0.363 e. The fourth-order valence-corrected chi connectivity index (χ4v) is 3.89. The molecule has 3 heterocycles. The number of anilines is 1. The van der Waals surface area contributed by atoms with Crippen LogP contribution in [0.2, 0.25) is 0 Å². The zero-order valence-electron chi connectivity index (χ0n) is 18.1. The molecule has 0 bridgehead atoms. The molecule has 3 aromatic rings. The zero-order valence-corrected chi connectivity index (χ0v) is 18.1. The summed E-state index contributed by atoms with van der Waals surface area (Å²) in [5.74, 6) is -1.06. The molecule has 0 saturated carbocycles. The Balaban J connectivity index is 1.60. The topological polar surface area (TPSA) is 71.8 Å². The van der Waals surface area contributed by atoms with Crippen LogP contribution >= 0.6 is 0 Å². The monoisotopic (exact) mass is 461 g/mol. The summed E-state index contributed by atoms with van der Waals surface area (Å²) in [5, 5.41) is 9.56. The van der Waals surface area contributed by atoms with Gasteiger partial charge in [-0.3, -0.25) is 9.78 Å². The van der Waals surface area contributed by atoms with Crippen LogP contribution in [0.5, 0.6) is 0 Å². The third-order valence-corrected chi connectivity index (χ3v) is 5.78. The third-order valence-electron chi connectivity index (χ3n) is 5.78. The number of nitrogens with zero attached hydrogens (tertiary/aromatic N) is 3. The lowest BCUT2D eigenvalue weighted by Crippen LogP contribution is -2.36. The van der Waals surface area contributed by atoms with Crippen LogP contribution in [-0.2, 0) is 13.0 Å². The van der Waals surface area contributed by atoms with Crippen molar-refractivity contribution in [3.05, 3.63) is 76.5 Å². The van der Waals surface area contributed by atoms with Gasteiger partial charge in [0, 0.05) is 6.42 Å². The highest BCUT2D eigenvalue weighted by molar-refractivity contribution is 5.98. The molecule has 1 aliphatic heterocycles. The summed E-state index contributed by atoms with van der Waals surface area (Å²) < 4.78 is 55.8. The van der Waals surface area contributed by atoms with Crippen LogP contribution in [0.3, 0.4) is 0 Å². The quantitative estimate of drug-likeness (QED) is 0.532. The second kappa shape index (κ2) is 8.84. The van der Waals surface area contributed by atoms with Gasteiger partial charge in [0.1, 0.15) is 17.2 Å². The molecule has 1 aliphatic rings. The highest BCUT2D eigenvalue weighted by Gasteiger charge is 2.47. The molecule has 2 atom stereocenters. The molecule has 0 aliphatic carbocycles. The van der Waals surface area contributed by atoms with Crippen LogP contribution < -0.4 is 10.6 Å². The normalized spacial score (nSPS) is 17.9. The predicted octanol–water partition coefficient (Wildman–Crippen LogP) is 4.88. The molecule has 1 amide bonds. The first-order valence-electron chi connectivity index (χ1n) is 10.6. The summed E-state index contributed by atoms with van der Waals surface area (Å²) in [5.41, 5.74) is 2.40. The van der Waals surface area contributed by atoms with Crippen LogP contribution in [0.4, 0.5) is 23.4 Å². The van der Waals surface area contributed by atoms with Crippen molar-refractivity contribution in [2.75, 3.05) is 5.32 Å². The Hall–Kier alpha value is -3.43. The van der Waals surface area contributed by atoms with E-state index in [1.165, 1.54) is 19.1 Å². The summed E-state index contributed by atoms with van der Waals surface area (Å²) >= 11 is 0. The van der Waals surface area contributed by atoms with Crippen LogP contribution in [0.15, 0.2) is 42.6 Å². The van der Waals surface area contributed by atoms with Crippen LogP contribution in [0, 0.1) is 12.7 Å². The lowest BCUT2D eigenvalue weighted by Gasteiger charge is -2.34. The fraction of sp³-hybridized carbons (Fsp3) is 0.348. The van der Waals surface area contributed by atoms with Crippen LogP contribution in [0.25, 0.3) is 0 Å². The first-order valence-corrected chi connectivity index (χ1v) is 10.6. The first kappa shape index (κ1) is 22.8. The Morgan fingerprint density at radius 1 is 1.21 bits per heavy atom. The van der Waals surface area contributed by atoms with Gasteiger partial charge in [0.25, 0.3) is 5.91 Å². The van der Waals surface area contributed by atoms with E-state index in [9.17, 15) is 22.4 Å². The molecule has 2 N–H and O–H groups in total. The van der Waals surface area contributed by atoms with Gasteiger partial charge in [-0.2, -0.15) is 18.3 Å². The van der Waals surface area contributed by atoms with E-state index in [1.807, 2.05) is 19.1 Å². The Morgan fingerprint density at radius 2 is 1.94 bits per heavy atom. The summed E-state index contributed by atoms with van der Waals surface area (Å²) in [6, 6.07) is 7.55. The number of hydrogen-bond donors (Lipinski definition) is 2. The highest BCUT2D eigenvalue weighted by atomic mass is 19.4. The van der Waals surface area contributed by atoms with Gasteiger partial charge in [0.05, 0.1) is 30.2 Å². The lowest BCUT2D eigenvalue weighted by molar-refractivity contribution is -0.173. The van der Waals surface area contributed by atoms with Crippen molar-refractivity contribution < 1.29 is 22.4 Å². The number of aromatic nitrogens is 3. The average Bonchev–Trinajstić information content (AvgIpc) is 3.22. The number of pyridine rings is 1. The number of nitrogens with one attached hydrogen (secondary N) is 2. The largest absolute Gasteiger partial charge is 0.410 e.